The first-order valence-corrected chi connectivity index (χ1v) is 7.87. The predicted octanol–water partition coefficient (Wildman–Crippen LogP) is 1.71. The van der Waals surface area contributed by atoms with Crippen LogP contribution in [0.2, 0.25) is 0 Å². The Hall–Kier alpha value is -2.81. The van der Waals surface area contributed by atoms with Crippen LogP contribution < -0.4 is 4.90 Å². The van der Waals surface area contributed by atoms with Crippen molar-refractivity contribution in [1.82, 2.24) is 14.5 Å². The fraction of sp³-hybridized carbons (Fsp3) is 0.353. The molecule has 3 heterocycles. The number of aromatic nitrogens is 2. The van der Waals surface area contributed by atoms with Gasteiger partial charge < -0.3 is 9.47 Å². The van der Waals surface area contributed by atoms with Crippen molar-refractivity contribution in [2.75, 3.05) is 18.0 Å². The van der Waals surface area contributed by atoms with Gasteiger partial charge in [0, 0.05) is 36.7 Å². The fourth-order valence-electron chi connectivity index (χ4n) is 3.61. The summed E-state index contributed by atoms with van der Waals surface area (Å²) in [6.45, 7) is 1.36. The van der Waals surface area contributed by atoms with Gasteiger partial charge in [0.2, 0.25) is 5.91 Å². The number of anilines is 1. The maximum Gasteiger partial charge on any atom is 0.250 e. The summed E-state index contributed by atoms with van der Waals surface area (Å²) in [7, 11) is 0. The van der Waals surface area contributed by atoms with Gasteiger partial charge in [-0.05, 0) is 31.4 Å². The molecule has 0 saturated carbocycles. The van der Waals surface area contributed by atoms with Crippen LogP contribution in [0.1, 0.15) is 18.4 Å². The van der Waals surface area contributed by atoms with Crippen molar-refractivity contribution in [3.05, 3.63) is 42.5 Å². The van der Waals surface area contributed by atoms with Crippen molar-refractivity contribution >= 4 is 11.6 Å². The third-order valence-corrected chi connectivity index (χ3v) is 4.72. The standard InChI is InChI=1S/C17H17N5O/c18-11-20-8-2-5-16(20)17(23)22-9-6-13-14(3-1-4-15(13)22)21-10-7-19-12-21/h1,3-4,7,10,12,16H,2,5-6,8-9H2/t16-/m0/s1. The second kappa shape index (κ2) is 5.43. The summed E-state index contributed by atoms with van der Waals surface area (Å²) in [6.07, 6.45) is 10.1. The number of nitriles is 1. The zero-order valence-electron chi connectivity index (χ0n) is 12.7. The minimum Gasteiger partial charge on any atom is -0.310 e. The van der Waals surface area contributed by atoms with E-state index in [9.17, 15) is 10.1 Å². The van der Waals surface area contributed by atoms with Gasteiger partial charge in [-0.15, -0.1) is 0 Å². The molecular weight excluding hydrogens is 290 g/mol. The van der Waals surface area contributed by atoms with Crippen molar-refractivity contribution in [3.8, 4) is 11.9 Å². The van der Waals surface area contributed by atoms with Crippen LogP contribution in [-0.2, 0) is 11.2 Å². The molecule has 1 atom stereocenters. The first kappa shape index (κ1) is 13.8. The molecule has 2 aliphatic heterocycles. The molecule has 116 valence electrons. The molecule has 0 bridgehead atoms. The lowest BCUT2D eigenvalue weighted by Gasteiger charge is -2.25. The monoisotopic (exact) mass is 307 g/mol. The Labute approximate surface area is 134 Å². The molecule has 1 aromatic carbocycles. The Morgan fingerprint density at radius 1 is 1.30 bits per heavy atom. The van der Waals surface area contributed by atoms with Crippen LogP contribution in [0.15, 0.2) is 36.9 Å². The van der Waals surface area contributed by atoms with Crippen molar-refractivity contribution in [2.45, 2.75) is 25.3 Å². The molecule has 1 fully saturated rings. The van der Waals surface area contributed by atoms with Crippen molar-refractivity contribution in [3.63, 3.8) is 0 Å². The number of nitrogens with zero attached hydrogens (tertiary/aromatic N) is 5. The maximum absolute atomic E-state index is 12.9. The van der Waals surface area contributed by atoms with E-state index in [0.717, 1.165) is 30.6 Å². The highest BCUT2D eigenvalue weighted by molar-refractivity contribution is 5.99. The fourth-order valence-corrected chi connectivity index (χ4v) is 3.61. The van der Waals surface area contributed by atoms with Crippen molar-refractivity contribution in [1.29, 1.82) is 5.26 Å². The van der Waals surface area contributed by atoms with E-state index in [0.29, 0.717) is 13.1 Å². The summed E-state index contributed by atoms with van der Waals surface area (Å²) >= 11 is 0. The van der Waals surface area contributed by atoms with Crippen LogP contribution in [0.4, 0.5) is 5.69 Å². The Morgan fingerprint density at radius 2 is 2.17 bits per heavy atom. The summed E-state index contributed by atoms with van der Waals surface area (Å²) in [5.74, 6) is 0.0468. The van der Waals surface area contributed by atoms with Crippen LogP contribution in [0.5, 0.6) is 0 Å². The minimum absolute atomic E-state index is 0.0468. The molecule has 1 amide bonds. The Balaban J connectivity index is 1.68. The van der Waals surface area contributed by atoms with Crippen LogP contribution in [0.25, 0.3) is 5.69 Å². The lowest BCUT2D eigenvalue weighted by molar-refractivity contribution is -0.121. The highest BCUT2D eigenvalue weighted by Crippen LogP contribution is 2.34. The Kier molecular flexibility index (Phi) is 3.27. The quantitative estimate of drug-likeness (QED) is 0.792. The summed E-state index contributed by atoms with van der Waals surface area (Å²) in [6, 6.07) is 5.71. The van der Waals surface area contributed by atoms with E-state index in [1.807, 2.05) is 33.9 Å². The SMILES string of the molecule is N#CN1CCC[C@H]1C(=O)N1CCc2c1cccc2-n1ccnc1. The van der Waals surface area contributed by atoms with Gasteiger partial charge in [-0.2, -0.15) is 5.26 Å². The van der Waals surface area contributed by atoms with Gasteiger partial charge in [0.25, 0.3) is 0 Å². The minimum atomic E-state index is -0.303. The molecule has 4 rings (SSSR count). The van der Waals surface area contributed by atoms with Gasteiger partial charge in [0.05, 0.1) is 12.0 Å². The highest BCUT2D eigenvalue weighted by Gasteiger charge is 2.36. The summed E-state index contributed by atoms with van der Waals surface area (Å²) in [4.78, 5) is 20.4. The average molecular weight is 307 g/mol. The molecule has 0 aliphatic carbocycles. The van der Waals surface area contributed by atoms with Crippen LogP contribution in [0, 0.1) is 11.5 Å². The number of benzene rings is 1. The summed E-state index contributed by atoms with van der Waals surface area (Å²) in [5.41, 5.74) is 3.20. The number of carbonyl (C=O) groups is 1. The van der Waals surface area contributed by atoms with E-state index in [-0.39, 0.29) is 11.9 Å². The number of rotatable bonds is 2. The lowest BCUT2D eigenvalue weighted by atomic mass is 10.1. The molecule has 6 heteroatoms. The van der Waals surface area contributed by atoms with Crippen LogP contribution in [-0.4, -0.2) is 39.5 Å². The molecule has 23 heavy (non-hydrogen) atoms. The molecule has 2 aromatic rings. The predicted molar refractivity (Wildman–Crippen MR) is 85.0 cm³/mol. The van der Waals surface area contributed by atoms with E-state index in [4.69, 9.17) is 0 Å². The van der Waals surface area contributed by atoms with Crippen LogP contribution >= 0.6 is 0 Å². The van der Waals surface area contributed by atoms with E-state index < -0.39 is 0 Å². The molecule has 0 radical (unpaired) electrons. The summed E-state index contributed by atoms with van der Waals surface area (Å²) < 4.78 is 1.98. The molecule has 0 N–H and O–H groups in total. The Bertz CT molecular complexity index is 777. The topological polar surface area (TPSA) is 65.2 Å². The normalized spacial score (nSPS) is 19.7. The van der Waals surface area contributed by atoms with Gasteiger partial charge in [0.1, 0.15) is 6.04 Å². The summed E-state index contributed by atoms with van der Waals surface area (Å²) in [5, 5.41) is 9.19. The Morgan fingerprint density at radius 3 is 2.96 bits per heavy atom. The second-order valence-electron chi connectivity index (χ2n) is 5.94. The van der Waals surface area contributed by atoms with Gasteiger partial charge in [-0.3, -0.25) is 9.69 Å². The van der Waals surface area contributed by atoms with Gasteiger partial charge in [-0.25, -0.2) is 4.98 Å². The molecule has 2 aliphatic rings. The number of hydrogen-bond donors (Lipinski definition) is 0. The zero-order chi connectivity index (χ0) is 15.8. The molecular formula is C17H17N5O. The molecule has 0 spiro atoms. The van der Waals surface area contributed by atoms with Crippen molar-refractivity contribution < 1.29 is 4.79 Å². The van der Waals surface area contributed by atoms with E-state index in [2.05, 4.69) is 11.2 Å². The third-order valence-electron chi connectivity index (χ3n) is 4.72. The third kappa shape index (κ3) is 2.16. The number of amides is 1. The van der Waals surface area contributed by atoms with Gasteiger partial charge >= 0.3 is 0 Å². The molecule has 6 nitrogen and oxygen atoms in total. The number of carbonyl (C=O) groups excluding carboxylic acids is 1. The van der Waals surface area contributed by atoms with Crippen molar-refractivity contribution in [2.24, 2.45) is 0 Å². The lowest BCUT2D eigenvalue weighted by Crippen LogP contribution is -2.43. The van der Waals surface area contributed by atoms with E-state index >= 15 is 0 Å². The average Bonchev–Trinajstić information content (AvgIpc) is 3.32. The zero-order valence-corrected chi connectivity index (χ0v) is 12.7. The number of fused-ring (bicyclic) bond motifs is 1. The molecule has 0 unspecified atom stereocenters. The largest absolute Gasteiger partial charge is 0.310 e. The molecule has 1 saturated heterocycles. The number of likely N-dealkylation sites (tertiary alicyclic amines) is 1. The smallest absolute Gasteiger partial charge is 0.250 e. The number of hydrogen-bond acceptors (Lipinski definition) is 4. The van der Waals surface area contributed by atoms with E-state index in [1.54, 1.807) is 17.4 Å². The van der Waals surface area contributed by atoms with E-state index in [1.165, 1.54) is 5.56 Å². The maximum atomic E-state index is 12.9. The first-order valence-electron chi connectivity index (χ1n) is 7.87. The highest BCUT2D eigenvalue weighted by atomic mass is 16.2. The second-order valence-corrected chi connectivity index (χ2v) is 5.94. The number of imidazole rings is 1. The first-order chi connectivity index (χ1) is 11.3. The molecule has 1 aromatic heterocycles. The van der Waals surface area contributed by atoms with Gasteiger partial charge in [-0.1, -0.05) is 6.07 Å². The van der Waals surface area contributed by atoms with Crippen LogP contribution in [0.3, 0.4) is 0 Å². The van der Waals surface area contributed by atoms with Gasteiger partial charge in [0.15, 0.2) is 6.19 Å².